The third-order valence-electron chi connectivity index (χ3n) is 2.21. The first kappa shape index (κ1) is 11.6. The Kier molecular flexibility index (Phi) is 4.03. The molecular weight excluding hydrogens is 188 g/mol. The van der Waals surface area contributed by atoms with Gasteiger partial charge in [0.2, 0.25) is 0 Å². The zero-order valence-corrected chi connectivity index (χ0v) is 8.04. The lowest BCUT2D eigenvalue weighted by atomic mass is 10.00. The number of aliphatic hydroxyl groups is 3. The van der Waals surface area contributed by atoms with E-state index in [1.54, 1.807) is 6.92 Å². The first-order chi connectivity index (χ1) is 6.57. The van der Waals surface area contributed by atoms with E-state index < -0.39 is 30.7 Å². The highest BCUT2D eigenvalue weighted by Crippen LogP contribution is 2.21. The van der Waals surface area contributed by atoms with Gasteiger partial charge in [-0.05, 0) is 6.92 Å². The molecule has 0 saturated carbocycles. The van der Waals surface area contributed by atoms with E-state index in [1.807, 2.05) is 0 Å². The van der Waals surface area contributed by atoms with Gasteiger partial charge < -0.3 is 24.8 Å². The van der Waals surface area contributed by atoms with Gasteiger partial charge >= 0.3 is 0 Å². The molecule has 1 rings (SSSR count). The summed E-state index contributed by atoms with van der Waals surface area (Å²) in [6, 6.07) is 0. The van der Waals surface area contributed by atoms with Crippen molar-refractivity contribution in [1.82, 2.24) is 0 Å². The van der Waals surface area contributed by atoms with Gasteiger partial charge in [0.1, 0.15) is 18.3 Å². The fraction of sp³-hybridized carbons (Fsp3) is 0.778. The Morgan fingerprint density at radius 2 is 2.00 bits per heavy atom. The van der Waals surface area contributed by atoms with Crippen LogP contribution in [-0.4, -0.2) is 52.6 Å². The Labute approximate surface area is 82.6 Å². The van der Waals surface area contributed by atoms with Crippen molar-refractivity contribution in [1.29, 1.82) is 0 Å². The standard InChI is InChI=1S/C9H16O5/c1-3-4-13-8-6(10)5(2)14-9(12)7(8)11/h3,5-12H,1,4H2,2H3/t5-,6-,7+,8+,9+/m0/s1. The monoisotopic (exact) mass is 204 g/mol. The minimum atomic E-state index is -1.32. The molecule has 0 radical (unpaired) electrons. The number of hydrogen-bond acceptors (Lipinski definition) is 5. The van der Waals surface area contributed by atoms with Crippen LogP contribution < -0.4 is 0 Å². The van der Waals surface area contributed by atoms with Crippen LogP contribution in [0.4, 0.5) is 0 Å². The van der Waals surface area contributed by atoms with Crippen LogP contribution in [-0.2, 0) is 9.47 Å². The lowest BCUT2D eigenvalue weighted by Gasteiger charge is -2.39. The minimum Gasteiger partial charge on any atom is -0.388 e. The van der Waals surface area contributed by atoms with Gasteiger partial charge in [-0.25, -0.2) is 0 Å². The van der Waals surface area contributed by atoms with Crippen molar-refractivity contribution in [3.8, 4) is 0 Å². The third-order valence-corrected chi connectivity index (χ3v) is 2.21. The van der Waals surface area contributed by atoms with E-state index in [1.165, 1.54) is 6.08 Å². The van der Waals surface area contributed by atoms with E-state index >= 15 is 0 Å². The van der Waals surface area contributed by atoms with Gasteiger partial charge in [0.05, 0.1) is 12.7 Å². The van der Waals surface area contributed by atoms with Crippen LogP contribution in [0.15, 0.2) is 12.7 Å². The first-order valence-corrected chi connectivity index (χ1v) is 4.50. The number of ether oxygens (including phenoxy) is 2. The molecule has 0 amide bonds. The summed E-state index contributed by atoms with van der Waals surface area (Å²) in [7, 11) is 0. The Morgan fingerprint density at radius 1 is 1.36 bits per heavy atom. The average molecular weight is 204 g/mol. The molecule has 1 saturated heterocycles. The van der Waals surface area contributed by atoms with Crippen LogP contribution in [0, 0.1) is 0 Å². The largest absolute Gasteiger partial charge is 0.388 e. The summed E-state index contributed by atoms with van der Waals surface area (Å²) in [5, 5.41) is 28.3. The SMILES string of the molecule is C=CCO[C@@H]1[C@@H](O)[C@H](C)O[C@@H](O)[C@@H]1O. The maximum absolute atomic E-state index is 9.60. The Balaban J connectivity index is 2.61. The van der Waals surface area contributed by atoms with Crippen LogP contribution in [0.2, 0.25) is 0 Å². The van der Waals surface area contributed by atoms with E-state index in [4.69, 9.17) is 9.47 Å². The molecule has 0 aliphatic carbocycles. The van der Waals surface area contributed by atoms with Gasteiger partial charge in [0.15, 0.2) is 6.29 Å². The van der Waals surface area contributed by atoms with Gasteiger partial charge in [-0.2, -0.15) is 0 Å². The predicted molar refractivity (Wildman–Crippen MR) is 48.5 cm³/mol. The molecular formula is C9H16O5. The molecule has 0 bridgehead atoms. The summed E-state index contributed by atoms with van der Waals surface area (Å²) in [5.41, 5.74) is 0. The molecule has 1 aliphatic heterocycles. The average Bonchev–Trinajstić information content (AvgIpc) is 2.15. The first-order valence-electron chi connectivity index (χ1n) is 4.50. The summed E-state index contributed by atoms with van der Waals surface area (Å²) in [6.45, 7) is 5.26. The Morgan fingerprint density at radius 3 is 2.57 bits per heavy atom. The zero-order valence-electron chi connectivity index (χ0n) is 8.04. The van der Waals surface area contributed by atoms with Crippen molar-refractivity contribution in [2.45, 2.75) is 37.6 Å². The lowest BCUT2D eigenvalue weighted by Crippen LogP contribution is -2.57. The summed E-state index contributed by atoms with van der Waals surface area (Å²) in [4.78, 5) is 0. The fourth-order valence-corrected chi connectivity index (χ4v) is 1.39. The molecule has 1 heterocycles. The highest BCUT2D eigenvalue weighted by Gasteiger charge is 2.42. The predicted octanol–water partition coefficient (Wildman–Crippen LogP) is -0.984. The van der Waals surface area contributed by atoms with E-state index in [0.717, 1.165) is 0 Å². The molecule has 5 heteroatoms. The van der Waals surface area contributed by atoms with Crippen LogP contribution in [0.1, 0.15) is 6.92 Å². The van der Waals surface area contributed by atoms with E-state index in [0.29, 0.717) is 0 Å². The van der Waals surface area contributed by atoms with Crippen molar-refractivity contribution < 1.29 is 24.8 Å². The Bertz CT molecular complexity index is 182. The van der Waals surface area contributed by atoms with Gasteiger partial charge in [-0.1, -0.05) is 6.08 Å². The molecule has 82 valence electrons. The van der Waals surface area contributed by atoms with Crippen molar-refractivity contribution in [3.63, 3.8) is 0 Å². The summed E-state index contributed by atoms with van der Waals surface area (Å²) in [5.74, 6) is 0. The van der Waals surface area contributed by atoms with Crippen molar-refractivity contribution in [2.24, 2.45) is 0 Å². The van der Waals surface area contributed by atoms with Gasteiger partial charge in [0.25, 0.3) is 0 Å². The summed E-state index contributed by atoms with van der Waals surface area (Å²) >= 11 is 0. The molecule has 0 aromatic carbocycles. The van der Waals surface area contributed by atoms with E-state index in [-0.39, 0.29) is 6.61 Å². The normalized spacial score (nSPS) is 43.6. The Hall–Kier alpha value is -0.460. The van der Waals surface area contributed by atoms with Crippen LogP contribution in [0.5, 0.6) is 0 Å². The third kappa shape index (κ3) is 2.31. The lowest BCUT2D eigenvalue weighted by molar-refractivity contribution is -0.284. The van der Waals surface area contributed by atoms with Crippen LogP contribution in [0.3, 0.4) is 0 Å². The van der Waals surface area contributed by atoms with Gasteiger partial charge in [-0.15, -0.1) is 6.58 Å². The summed E-state index contributed by atoms with van der Waals surface area (Å²) < 4.78 is 10.0. The van der Waals surface area contributed by atoms with Crippen LogP contribution in [0.25, 0.3) is 0 Å². The highest BCUT2D eigenvalue weighted by atomic mass is 16.6. The molecule has 1 fully saturated rings. The topological polar surface area (TPSA) is 79.2 Å². The molecule has 0 spiro atoms. The second-order valence-corrected chi connectivity index (χ2v) is 3.30. The maximum atomic E-state index is 9.60. The number of hydrogen-bond donors (Lipinski definition) is 3. The zero-order chi connectivity index (χ0) is 10.7. The second-order valence-electron chi connectivity index (χ2n) is 3.30. The number of aliphatic hydroxyl groups excluding tert-OH is 3. The van der Waals surface area contributed by atoms with Crippen molar-refractivity contribution >= 4 is 0 Å². The highest BCUT2D eigenvalue weighted by molar-refractivity contribution is 4.88. The molecule has 5 atom stereocenters. The second kappa shape index (κ2) is 4.86. The molecule has 0 aromatic heterocycles. The molecule has 3 N–H and O–H groups in total. The smallest absolute Gasteiger partial charge is 0.183 e. The molecule has 14 heavy (non-hydrogen) atoms. The molecule has 1 aliphatic rings. The van der Waals surface area contributed by atoms with Gasteiger partial charge in [-0.3, -0.25) is 0 Å². The van der Waals surface area contributed by atoms with E-state index in [2.05, 4.69) is 6.58 Å². The van der Waals surface area contributed by atoms with E-state index in [9.17, 15) is 15.3 Å². The minimum absolute atomic E-state index is 0.207. The van der Waals surface area contributed by atoms with Crippen molar-refractivity contribution in [3.05, 3.63) is 12.7 Å². The quantitative estimate of drug-likeness (QED) is 0.515. The van der Waals surface area contributed by atoms with Gasteiger partial charge in [0, 0.05) is 0 Å². The fourth-order valence-electron chi connectivity index (χ4n) is 1.39. The molecule has 5 nitrogen and oxygen atoms in total. The molecule has 0 aromatic rings. The number of rotatable bonds is 3. The summed E-state index contributed by atoms with van der Waals surface area (Å²) in [6.07, 6.45) is -3.40. The maximum Gasteiger partial charge on any atom is 0.183 e. The van der Waals surface area contributed by atoms with Crippen molar-refractivity contribution in [2.75, 3.05) is 6.61 Å². The molecule has 0 unspecified atom stereocenters. The van der Waals surface area contributed by atoms with Crippen LogP contribution >= 0.6 is 0 Å².